The third-order valence-corrected chi connectivity index (χ3v) is 3.60. The predicted molar refractivity (Wildman–Crippen MR) is 79.7 cm³/mol. The van der Waals surface area contributed by atoms with Crippen LogP contribution in [0, 0.1) is 0 Å². The lowest BCUT2D eigenvalue weighted by Gasteiger charge is -2.38. The monoisotopic (exact) mass is 276 g/mol. The van der Waals surface area contributed by atoms with Crippen molar-refractivity contribution in [2.24, 2.45) is 0 Å². The molecule has 1 N–H and O–H groups in total. The van der Waals surface area contributed by atoms with Crippen LogP contribution in [-0.4, -0.2) is 42.8 Å². The number of benzene rings is 1. The van der Waals surface area contributed by atoms with Gasteiger partial charge in [-0.25, -0.2) is 4.79 Å². The van der Waals surface area contributed by atoms with Gasteiger partial charge in [-0.1, -0.05) is 37.3 Å². The Labute approximate surface area is 121 Å². The SMILES string of the molecule is CCCNC(=O)N1CC(Cc2ccccc2)OCC1C. The van der Waals surface area contributed by atoms with Crippen LogP contribution in [0.5, 0.6) is 0 Å². The molecule has 0 spiro atoms. The first-order valence-electron chi connectivity index (χ1n) is 7.40. The predicted octanol–water partition coefficient (Wildman–Crippen LogP) is 2.44. The number of carbonyl (C=O) groups excluding carboxylic acids is 1. The second-order valence-electron chi connectivity index (χ2n) is 5.38. The highest BCUT2D eigenvalue weighted by Crippen LogP contribution is 2.15. The minimum Gasteiger partial charge on any atom is -0.374 e. The van der Waals surface area contributed by atoms with E-state index < -0.39 is 0 Å². The molecule has 110 valence electrons. The maximum Gasteiger partial charge on any atom is 0.317 e. The number of carbonyl (C=O) groups is 1. The standard InChI is InChI=1S/C16H24N2O2/c1-3-9-17-16(19)18-11-15(20-12-13(18)2)10-14-7-5-4-6-8-14/h4-8,13,15H,3,9-12H2,1-2H3,(H,17,19). The van der Waals surface area contributed by atoms with Gasteiger partial charge in [0.05, 0.1) is 18.8 Å². The molecule has 1 aliphatic rings. The van der Waals surface area contributed by atoms with Crippen molar-refractivity contribution in [3.8, 4) is 0 Å². The van der Waals surface area contributed by atoms with E-state index in [2.05, 4.69) is 24.4 Å². The fraction of sp³-hybridized carbons (Fsp3) is 0.562. The number of amides is 2. The van der Waals surface area contributed by atoms with Crippen LogP contribution < -0.4 is 5.32 Å². The summed E-state index contributed by atoms with van der Waals surface area (Å²) in [5.74, 6) is 0. The molecule has 2 amide bonds. The van der Waals surface area contributed by atoms with E-state index in [4.69, 9.17) is 4.74 Å². The molecule has 20 heavy (non-hydrogen) atoms. The first-order valence-corrected chi connectivity index (χ1v) is 7.40. The summed E-state index contributed by atoms with van der Waals surface area (Å²) >= 11 is 0. The largest absolute Gasteiger partial charge is 0.374 e. The van der Waals surface area contributed by atoms with Gasteiger partial charge in [0.25, 0.3) is 0 Å². The average molecular weight is 276 g/mol. The van der Waals surface area contributed by atoms with Crippen molar-refractivity contribution < 1.29 is 9.53 Å². The van der Waals surface area contributed by atoms with Crippen molar-refractivity contribution in [1.29, 1.82) is 0 Å². The van der Waals surface area contributed by atoms with Crippen LogP contribution in [0.3, 0.4) is 0 Å². The molecule has 4 heteroatoms. The van der Waals surface area contributed by atoms with Crippen molar-refractivity contribution in [1.82, 2.24) is 10.2 Å². The van der Waals surface area contributed by atoms with Crippen molar-refractivity contribution in [3.05, 3.63) is 35.9 Å². The summed E-state index contributed by atoms with van der Waals surface area (Å²) in [6.07, 6.45) is 1.89. The summed E-state index contributed by atoms with van der Waals surface area (Å²) in [6.45, 7) is 6.08. The number of nitrogens with one attached hydrogen (secondary N) is 1. The van der Waals surface area contributed by atoms with Gasteiger partial charge in [-0.3, -0.25) is 0 Å². The molecule has 0 radical (unpaired) electrons. The Morgan fingerprint density at radius 1 is 1.40 bits per heavy atom. The zero-order valence-corrected chi connectivity index (χ0v) is 12.3. The van der Waals surface area contributed by atoms with Crippen molar-refractivity contribution in [3.63, 3.8) is 0 Å². The van der Waals surface area contributed by atoms with E-state index in [0.717, 1.165) is 19.4 Å². The van der Waals surface area contributed by atoms with Gasteiger partial charge >= 0.3 is 6.03 Å². The highest BCUT2D eigenvalue weighted by atomic mass is 16.5. The van der Waals surface area contributed by atoms with Crippen molar-refractivity contribution >= 4 is 6.03 Å². The average Bonchev–Trinajstić information content (AvgIpc) is 2.48. The lowest BCUT2D eigenvalue weighted by atomic mass is 10.1. The number of rotatable bonds is 4. The third kappa shape index (κ3) is 3.97. The Kier molecular flexibility index (Phi) is 5.41. The maximum absolute atomic E-state index is 12.1. The van der Waals surface area contributed by atoms with Gasteiger partial charge in [-0.2, -0.15) is 0 Å². The molecule has 0 saturated carbocycles. The molecule has 2 rings (SSSR count). The second kappa shape index (κ2) is 7.29. The Hall–Kier alpha value is -1.55. The molecule has 1 saturated heterocycles. The van der Waals surface area contributed by atoms with E-state index in [1.54, 1.807) is 0 Å². The smallest absolute Gasteiger partial charge is 0.317 e. The second-order valence-corrected chi connectivity index (χ2v) is 5.38. The van der Waals surface area contributed by atoms with Gasteiger partial charge in [0.15, 0.2) is 0 Å². The Balaban J connectivity index is 1.92. The van der Waals surface area contributed by atoms with Crippen LogP contribution in [0.2, 0.25) is 0 Å². The van der Waals surface area contributed by atoms with Crippen LogP contribution >= 0.6 is 0 Å². The summed E-state index contributed by atoms with van der Waals surface area (Å²) in [6, 6.07) is 10.4. The minimum absolute atomic E-state index is 0.0284. The molecule has 0 aromatic heterocycles. The Morgan fingerprint density at radius 3 is 2.85 bits per heavy atom. The van der Waals surface area contributed by atoms with E-state index in [1.165, 1.54) is 5.56 Å². The van der Waals surface area contributed by atoms with Gasteiger partial charge in [0.1, 0.15) is 0 Å². The first-order chi connectivity index (χ1) is 9.70. The number of urea groups is 1. The van der Waals surface area contributed by atoms with Crippen LogP contribution in [0.15, 0.2) is 30.3 Å². The first kappa shape index (κ1) is 14.9. The molecular formula is C16H24N2O2. The zero-order chi connectivity index (χ0) is 14.4. The minimum atomic E-state index is 0.0284. The summed E-state index contributed by atoms with van der Waals surface area (Å²) in [5, 5.41) is 2.95. The van der Waals surface area contributed by atoms with Gasteiger partial charge < -0.3 is 15.0 Å². The molecule has 0 aliphatic carbocycles. The molecule has 2 atom stereocenters. The van der Waals surface area contributed by atoms with Gasteiger partial charge in [0, 0.05) is 19.5 Å². The molecule has 1 aliphatic heterocycles. The van der Waals surface area contributed by atoms with Gasteiger partial charge in [0.2, 0.25) is 0 Å². The molecule has 4 nitrogen and oxygen atoms in total. The lowest BCUT2D eigenvalue weighted by Crippen LogP contribution is -2.54. The fourth-order valence-electron chi connectivity index (χ4n) is 2.43. The molecule has 0 bridgehead atoms. The number of morpholine rings is 1. The molecule has 2 unspecified atom stereocenters. The summed E-state index contributed by atoms with van der Waals surface area (Å²) in [4.78, 5) is 14.0. The van der Waals surface area contributed by atoms with E-state index in [9.17, 15) is 4.79 Å². The summed E-state index contributed by atoms with van der Waals surface area (Å²) in [5.41, 5.74) is 1.25. The molecule has 1 fully saturated rings. The fourth-order valence-corrected chi connectivity index (χ4v) is 2.43. The summed E-state index contributed by atoms with van der Waals surface area (Å²) < 4.78 is 5.86. The van der Waals surface area contributed by atoms with Crippen LogP contribution in [-0.2, 0) is 11.2 Å². The normalized spacial score (nSPS) is 22.6. The quantitative estimate of drug-likeness (QED) is 0.917. The highest BCUT2D eigenvalue weighted by Gasteiger charge is 2.29. The van der Waals surface area contributed by atoms with E-state index in [0.29, 0.717) is 13.2 Å². The van der Waals surface area contributed by atoms with Crippen molar-refractivity contribution in [2.45, 2.75) is 38.8 Å². The third-order valence-electron chi connectivity index (χ3n) is 3.60. The molecule has 1 aromatic rings. The number of nitrogens with zero attached hydrogens (tertiary/aromatic N) is 1. The molecular weight excluding hydrogens is 252 g/mol. The highest BCUT2D eigenvalue weighted by molar-refractivity contribution is 5.74. The number of hydrogen-bond acceptors (Lipinski definition) is 2. The van der Waals surface area contributed by atoms with E-state index >= 15 is 0 Å². The lowest BCUT2D eigenvalue weighted by molar-refractivity contribution is -0.0403. The van der Waals surface area contributed by atoms with Crippen molar-refractivity contribution in [2.75, 3.05) is 19.7 Å². The van der Waals surface area contributed by atoms with E-state index in [-0.39, 0.29) is 18.2 Å². The maximum atomic E-state index is 12.1. The number of hydrogen-bond donors (Lipinski definition) is 1. The molecule has 1 aromatic carbocycles. The number of ether oxygens (including phenoxy) is 1. The Bertz CT molecular complexity index is 422. The summed E-state index contributed by atoms with van der Waals surface area (Å²) in [7, 11) is 0. The zero-order valence-electron chi connectivity index (χ0n) is 12.3. The van der Waals surface area contributed by atoms with Crippen LogP contribution in [0.4, 0.5) is 4.79 Å². The van der Waals surface area contributed by atoms with Gasteiger partial charge in [-0.05, 0) is 18.9 Å². The molecule has 1 heterocycles. The van der Waals surface area contributed by atoms with Gasteiger partial charge in [-0.15, -0.1) is 0 Å². The van der Waals surface area contributed by atoms with Crippen LogP contribution in [0.1, 0.15) is 25.8 Å². The Morgan fingerprint density at radius 2 is 2.15 bits per heavy atom. The topological polar surface area (TPSA) is 41.6 Å². The van der Waals surface area contributed by atoms with Crippen LogP contribution in [0.25, 0.3) is 0 Å². The van der Waals surface area contributed by atoms with E-state index in [1.807, 2.05) is 30.0 Å².